The summed E-state index contributed by atoms with van der Waals surface area (Å²) in [5.41, 5.74) is 0.355. The van der Waals surface area contributed by atoms with E-state index in [1.54, 1.807) is 24.4 Å². The molecule has 0 fully saturated rings. The van der Waals surface area contributed by atoms with Crippen LogP contribution >= 0.6 is 15.9 Å². The Kier molecular flexibility index (Phi) is 4.90. The summed E-state index contributed by atoms with van der Waals surface area (Å²) in [7, 11) is 0. The second-order valence-corrected chi connectivity index (χ2v) is 5.34. The number of halogens is 2. The SMILES string of the molecule is CCN(C(=O)Cn1cc(Br)ccc1=O)c1ccc(F)cc1. The van der Waals surface area contributed by atoms with Crippen LogP contribution in [-0.2, 0) is 11.3 Å². The van der Waals surface area contributed by atoms with Gasteiger partial charge in [0.15, 0.2) is 0 Å². The molecule has 0 aliphatic carbocycles. The molecule has 0 radical (unpaired) electrons. The lowest BCUT2D eigenvalue weighted by molar-refractivity contribution is -0.119. The third kappa shape index (κ3) is 3.78. The molecule has 0 atom stereocenters. The van der Waals surface area contributed by atoms with Crippen LogP contribution in [0.15, 0.2) is 51.9 Å². The molecule has 1 aromatic carbocycles. The molecule has 4 nitrogen and oxygen atoms in total. The van der Waals surface area contributed by atoms with E-state index >= 15 is 0 Å². The van der Waals surface area contributed by atoms with Gasteiger partial charge in [-0.2, -0.15) is 0 Å². The Labute approximate surface area is 129 Å². The monoisotopic (exact) mass is 352 g/mol. The summed E-state index contributed by atoms with van der Waals surface area (Å²) in [6.45, 7) is 2.20. The molecule has 21 heavy (non-hydrogen) atoms. The first kappa shape index (κ1) is 15.4. The van der Waals surface area contributed by atoms with Gasteiger partial charge in [-0.25, -0.2) is 4.39 Å². The van der Waals surface area contributed by atoms with Gasteiger partial charge in [0.2, 0.25) is 5.91 Å². The Morgan fingerprint density at radius 1 is 1.24 bits per heavy atom. The predicted octanol–water partition coefficient (Wildman–Crippen LogP) is 2.80. The summed E-state index contributed by atoms with van der Waals surface area (Å²) < 4.78 is 15.0. The molecule has 0 bridgehead atoms. The molecule has 1 heterocycles. The van der Waals surface area contributed by atoms with E-state index in [4.69, 9.17) is 0 Å². The van der Waals surface area contributed by atoms with Gasteiger partial charge in [0, 0.05) is 29.0 Å². The number of amides is 1. The normalized spacial score (nSPS) is 10.4. The number of likely N-dealkylation sites (N-methyl/N-ethyl adjacent to an activating group) is 1. The first-order valence-electron chi connectivity index (χ1n) is 6.43. The van der Waals surface area contributed by atoms with E-state index in [2.05, 4.69) is 15.9 Å². The standard InChI is InChI=1S/C15H14BrFN2O2/c1-2-19(13-6-4-12(17)5-7-13)15(21)10-18-9-11(16)3-8-14(18)20/h3-9H,2,10H2,1H3. The molecular formula is C15H14BrFN2O2. The molecule has 0 saturated carbocycles. The minimum absolute atomic E-state index is 0.0660. The van der Waals surface area contributed by atoms with Gasteiger partial charge in [-0.1, -0.05) is 0 Å². The smallest absolute Gasteiger partial charge is 0.251 e. The number of pyridine rings is 1. The molecule has 2 aromatic rings. The van der Waals surface area contributed by atoms with E-state index in [-0.39, 0.29) is 23.8 Å². The first-order valence-corrected chi connectivity index (χ1v) is 7.22. The highest BCUT2D eigenvalue weighted by Crippen LogP contribution is 2.15. The number of benzene rings is 1. The molecule has 2 rings (SSSR count). The quantitative estimate of drug-likeness (QED) is 0.848. The second-order valence-electron chi connectivity index (χ2n) is 4.43. The topological polar surface area (TPSA) is 42.3 Å². The average molecular weight is 353 g/mol. The van der Waals surface area contributed by atoms with Gasteiger partial charge in [-0.05, 0) is 53.2 Å². The van der Waals surface area contributed by atoms with E-state index in [0.717, 1.165) is 4.47 Å². The Morgan fingerprint density at radius 3 is 2.52 bits per heavy atom. The number of carbonyl (C=O) groups excluding carboxylic acids is 1. The molecule has 0 aliphatic heterocycles. The van der Waals surface area contributed by atoms with E-state index in [1.807, 2.05) is 6.92 Å². The van der Waals surface area contributed by atoms with Crippen molar-refractivity contribution in [3.05, 3.63) is 63.2 Å². The van der Waals surface area contributed by atoms with Crippen molar-refractivity contribution in [1.82, 2.24) is 4.57 Å². The molecule has 110 valence electrons. The lowest BCUT2D eigenvalue weighted by atomic mass is 10.2. The van der Waals surface area contributed by atoms with E-state index < -0.39 is 0 Å². The molecule has 0 aliphatic rings. The zero-order valence-electron chi connectivity index (χ0n) is 11.4. The maximum atomic E-state index is 12.9. The third-order valence-electron chi connectivity index (χ3n) is 3.01. The predicted molar refractivity (Wildman–Crippen MR) is 82.8 cm³/mol. The molecule has 0 unspecified atom stereocenters. The van der Waals surface area contributed by atoms with Crippen molar-refractivity contribution in [1.29, 1.82) is 0 Å². The van der Waals surface area contributed by atoms with Gasteiger partial charge in [-0.15, -0.1) is 0 Å². The maximum Gasteiger partial charge on any atom is 0.251 e. The van der Waals surface area contributed by atoms with Crippen molar-refractivity contribution >= 4 is 27.5 Å². The Balaban J connectivity index is 2.23. The van der Waals surface area contributed by atoms with Crippen LogP contribution in [0.3, 0.4) is 0 Å². The number of carbonyl (C=O) groups is 1. The lowest BCUT2D eigenvalue weighted by Crippen LogP contribution is -2.36. The Bertz CT molecular complexity index is 698. The molecular weight excluding hydrogens is 339 g/mol. The fourth-order valence-corrected chi connectivity index (χ4v) is 2.36. The van der Waals surface area contributed by atoms with Crippen molar-refractivity contribution < 1.29 is 9.18 Å². The van der Waals surface area contributed by atoms with E-state index in [9.17, 15) is 14.0 Å². The molecule has 1 aromatic heterocycles. The minimum Gasteiger partial charge on any atom is -0.311 e. The molecule has 0 N–H and O–H groups in total. The number of anilines is 1. The highest BCUT2D eigenvalue weighted by Gasteiger charge is 2.15. The van der Waals surface area contributed by atoms with Crippen molar-refractivity contribution in [2.24, 2.45) is 0 Å². The number of hydrogen-bond donors (Lipinski definition) is 0. The van der Waals surface area contributed by atoms with Crippen LogP contribution in [0.5, 0.6) is 0 Å². The van der Waals surface area contributed by atoms with Crippen LogP contribution in [-0.4, -0.2) is 17.0 Å². The molecule has 6 heteroatoms. The van der Waals surface area contributed by atoms with Crippen LogP contribution < -0.4 is 10.5 Å². The lowest BCUT2D eigenvalue weighted by Gasteiger charge is -2.21. The summed E-state index contributed by atoms with van der Waals surface area (Å²) in [5, 5.41) is 0. The van der Waals surface area contributed by atoms with Crippen molar-refractivity contribution in [3.8, 4) is 0 Å². The number of rotatable bonds is 4. The number of aromatic nitrogens is 1. The fraction of sp³-hybridized carbons (Fsp3) is 0.200. The van der Waals surface area contributed by atoms with Gasteiger partial charge in [0.1, 0.15) is 12.4 Å². The highest BCUT2D eigenvalue weighted by molar-refractivity contribution is 9.10. The third-order valence-corrected chi connectivity index (χ3v) is 3.48. The van der Waals surface area contributed by atoms with Crippen LogP contribution in [0.2, 0.25) is 0 Å². The van der Waals surface area contributed by atoms with Gasteiger partial charge in [-0.3, -0.25) is 9.59 Å². The van der Waals surface area contributed by atoms with Crippen LogP contribution in [0, 0.1) is 5.82 Å². The van der Waals surface area contributed by atoms with Gasteiger partial charge < -0.3 is 9.47 Å². The summed E-state index contributed by atoms with van der Waals surface area (Å²) in [6, 6.07) is 8.71. The number of nitrogens with zero attached hydrogens (tertiary/aromatic N) is 2. The van der Waals surface area contributed by atoms with Gasteiger partial charge in [0.05, 0.1) is 0 Å². The molecule has 0 saturated heterocycles. The Morgan fingerprint density at radius 2 is 1.90 bits per heavy atom. The minimum atomic E-state index is -0.356. The first-order chi connectivity index (χ1) is 10.0. The highest BCUT2D eigenvalue weighted by atomic mass is 79.9. The van der Waals surface area contributed by atoms with Crippen molar-refractivity contribution in [3.63, 3.8) is 0 Å². The fourth-order valence-electron chi connectivity index (χ4n) is 1.98. The molecule has 0 spiro atoms. The van der Waals surface area contributed by atoms with E-state index in [0.29, 0.717) is 12.2 Å². The van der Waals surface area contributed by atoms with Gasteiger partial charge in [0.25, 0.3) is 5.56 Å². The second kappa shape index (κ2) is 6.67. The average Bonchev–Trinajstić information content (AvgIpc) is 2.46. The maximum absolute atomic E-state index is 12.9. The van der Waals surface area contributed by atoms with Gasteiger partial charge >= 0.3 is 0 Å². The van der Waals surface area contributed by atoms with Crippen LogP contribution in [0.4, 0.5) is 10.1 Å². The summed E-state index contributed by atoms with van der Waals surface area (Å²) in [4.78, 5) is 25.6. The van der Waals surface area contributed by atoms with Crippen molar-refractivity contribution in [2.45, 2.75) is 13.5 Å². The summed E-state index contributed by atoms with van der Waals surface area (Å²) >= 11 is 3.27. The van der Waals surface area contributed by atoms with Crippen LogP contribution in [0.1, 0.15) is 6.92 Å². The summed E-state index contributed by atoms with van der Waals surface area (Å²) in [6.07, 6.45) is 1.57. The largest absolute Gasteiger partial charge is 0.311 e. The zero-order valence-corrected chi connectivity index (χ0v) is 13.0. The zero-order chi connectivity index (χ0) is 15.4. The number of hydrogen-bond acceptors (Lipinski definition) is 2. The van der Waals surface area contributed by atoms with Crippen LogP contribution in [0.25, 0.3) is 0 Å². The Hall–Kier alpha value is -1.95. The van der Waals surface area contributed by atoms with E-state index in [1.165, 1.54) is 27.7 Å². The summed E-state index contributed by atoms with van der Waals surface area (Å²) in [5.74, 6) is -0.588. The molecule has 1 amide bonds. The van der Waals surface area contributed by atoms with Crippen molar-refractivity contribution in [2.75, 3.05) is 11.4 Å².